The van der Waals surface area contributed by atoms with Crippen LogP contribution in [0.3, 0.4) is 0 Å². The fourth-order valence-electron chi connectivity index (χ4n) is 16.9. The highest BCUT2D eigenvalue weighted by atomic mass is 32.2. The molecular weight excluding hydrogens is 1780 g/mol. The number of phenols is 1. The number of aromatic hydroxyl groups is 1. The molecule has 10 rings (SSSR count). The van der Waals surface area contributed by atoms with Crippen molar-refractivity contribution in [2.75, 3.05) is 58.9 Å². The number of nitrogens with zero attached hydrogens (tertiary/aromatic N) is 7. The maximum Gasteiger partial charge on any atom is 0.246 e. The molecule has 0 aliphatic carbocycles. The number of primary amides is 2. The predicted molar refractivity (Wildman–Crippen MR) is 499 cm³/mol. The van der Waals surface area contributed by atoms with Gasteiger partial charge in [-0.3, -0.25) is 86.5 Å². The van der Waals surface area contributed by atoms with Crippen LogP contribution in [0.25, 0.3) is 21.8 Å². The van der Waals surface area contributed by atoms with Crippen molar-refractivity contribution in [2.45, 2.75) is 228 Å². The summed E-state index contributed by atoms with van der Waals surface area (Å²) in [4.78, 5) is 274. The minimum Gasteiger partial charge on any atom is -0.508 e. The summed E-state index contributed by atoms with van der Waals surface area (Å²) in [6, 6.07) is 2.63. The lowest BCUT2D eigenvalue weighted by molar-refractivity contribution is -0.149. The van der Waals surface area contributed by atoms with Crippen LogP contribution >= 0.6 is 11.8 Å². The van der Waals surface area contributed by atoms with Gasteiger partial charge in [-0.25, -0.2) is 4.98 Å². The van der Waals surface area contributed by atoms with E-state index in [1.54, 1.807) is 93.0 Å². The average molecular weight is 1900 g/mol. The minimum atomic E-state index is -1.89. The van der Waals surface area contributed by atoms with Gasteiger partial charge in [-0.2, -0.15) is 0 Å². The van der Waals surface area contributed by atoms with E-state index in [0.717, 1.165) is 36.3 Å². The molecule has 43 heteroatoms. The normalized spacial score (nSPS) is 24.7. The number of benzene rings is 3. The Hall–Kier alpha value is -13.8. The molecule has 0 bridgehead atoms. The quantitative estimate of drug-likeness (QED) is 0.0325. The third kappa shape index (κ3) is 28.2. The van der Waals surface area contributed by atoms with Gasteiger partial charge in [0.15, 0.2) is 0 Å². The number of unbranched alkanes of at least 4 members (excludes halogenated alkanes) is 2. The van der Waals surface area contributed by atoms with E-state index in [-0.39, 0.29) is 88.1 Å². The van der Waals surface area contributed by atoms with Crippen LogP contribution in [0, 0.1) is 5.92 Å². The van der Waals surface area contributed by atoms with Gasteiger partial charge < -0.3 is 119 Å². The number of rotatable bonds is 24. The number of aliphatic hydroxyl groups is 2. The van der Waals surface area contributed by atoms with Crippen LogP contribution in [0.4, 0.5) is 0 Å². The van der Waals surface area contributed by atoms with Gasteiger partial charge in [-0.05, 0) is 98.0 Å². The Morgan fingerprint density at radius 3 is 1.68 bits per heavy atom. The number of thioether (sulfide) groups is 1. The van der Waals surface area contributed by atoms with E-state index >= 15 is 43.2 Å². The first-order valence-corrected chi connectivity index (χ1v) is 46.7. The van der Waals surface area contributed by atoms with Gasteiger partial charge in [0, 0.05) is 136 Å². The predicted octanol–water partition coefficient (Wildman–Crippen LogP) is -1.55. The molecule has 7 aromatic rings. The lowest BCUT2D eigenvalue weighted by Crippen LogP contribution is -2.62. The highest BCUT2D eigenvalue weighted by molar-refractivity contribution is 8.00. The van der Waals surface area contributed by atoms with E-state index in [0.29, 0.717) is 69.9 Å². The Kier molecular flexibility index (Phi) is 37.9. The van der Waals surface area contributed by atoms with Crippen LogP contribution in [0.5, 0.6) is 5.75 Å². The Morgan fingerprint density at radius 1 is 0.544 bits per heavy atom. The number of pyridine rings is 1. The van der Waals surface area contributed by atoms with Crippen molar-refractivity contribution >= 4 is 134 Å². The number of carbonyl (C=O) groups is 17. The molecule has 3 aliphatic heterocycles. The summed E-state index contributed by atoms with van der Waals surface area (Å²) in [6.45, 7) is 6.08. The largest absolute Gasteiger partial charge is 0.508 e. The van der Waals surface area contributed by atoms with Crippen molar-refractivity contribution in [3.8, 4) is 5.75 Å². The number of aliphatic hydroxyl groups excluding tert-OH is 2. The number of aromatic amines is 3. The Morgan fingerprint density at radius 2 is 1.08 bits per heavy atom. The number of nitrogens with one attached hydrogen (secondary N) is 13. The summed E-state index contributed by atoms with van der Waals surface area (Å²) in [6.07, 6.45) is 5.06. The van der Waals surface area contributed by atoms with Gasteiger partial charge in [0.25, 0.3) is 0 Å². The molecule has 136 heavy (non-hydrogen) atoms. The molecule has 17 amide bonds. The molecule has 42 nitrogen and oxygen atoms in total. The molecule has 0 radical (unpaired) electrons. The van der Waals surface area contributed by atoms with E-state index in [2.05, 4.69) is 78.1 Å². The summed E-state index contributed by atoms with van der Waals surface area (Å²) >= 11 is 0.774. The van der Waals surface area contributed by atoms with Crippen molar-refractivity contribution in [1.82, 2.24) is 103 Å². The highest BCUT2D eigenvalue weighted by Gasteiger charge is 2.47. The van der Waals surface area contributed by atoms with Crippen LogP contribution in [0.2, 0.25) is 0 Å². The minimum absolute atomic E-state index is 0.00271. The first kappa shape index (κ1) is 104. The number of phenolic OH excluding ortho intramolecular Hbond substituents is 1. The molecule has 0 saturated carbocycles. The molecule has 732 valence electrons. The Labute approximate surface area is 789 Å². The summed E-state index contributed by atoms with van der Waals surface area (Å²) in [5.74, 6) is -17.5. The summed E-state index contributed by atoms with van der Waals surface area (Å²) < 4.78 is 0. The second kappa shape index (κ2) is 49.4. The van der Waals surface area contributed by atoms with Crippen LogP contribution < -0.4 is 64.6 Å². The van der Waals surface area contributed by atoms with Gasteiger partial charge >= 0.3 is 0 Å². The molecule has 4 aromatic heterocycles. The zero-order chi connectivity index (χ0) is 98.7. The molecule has 0 spiro atoms. The van der Waals surface area contributed by atoms with Crippen molar-refractivity contribution < 1.29 is 96.8 Å². The zero-order valence-electron chi connectivity index (χ0n) is 77.3. The van der Waals surface area contributed by atoms with Crippen molar-refractivity contribution in [3.05, 3.63) is 150 Å². The van der Waals surface area contributed by atoms with Gasteiger partial charge in [0.2, 0.25) is 100 Å². The molecule has 2 unspecified atom stereocenters. The Bertz CT molecular complexity index is 5410. The summed E-state index contributed by atoms with van der Waals surface area (Å²) in [5, 5.41) is 60.9. The number of amides is 17. The maximum atomic E-state index is 15.8. The number of fused-ring (bicyclic) bond motifs is 4. The lowest BCUT2D eigenvalue weighted by Gasteiger charge is -2.36. The first-order valence-electron chi connectivity index (χ1n) is 45.6. The van der Waals surface area contributed by atoms with E-state index in [1.807, 2.05) is 13.8 Å². The van der Waals surface area contributed by atoms with Crippen LogP contribution in [0.1, 0.15) is 133 Å². The number of imidazole rings is 1. The fraction of sp³-hybridized carbons (Fsp3) is 0.495. The molecule has 7 heterocycles. The molecule has 3 saturated heterocycles. The topological polar surface area (TPSA) is 613 Å². The van der Waals surface area contributed by atoms with E-state index in [4.69, 9.17) is 11.5 Å². The molecule has 3 fully saturated rings. The number of para-hydroxylation sites is 2. The number of hydrogen-bond acceptors (Lipinski definition) is 23. The zero-order valence-corrected chi connectivity index (χ0v) is 78.1. The molecule has 3 aliphatic rings. The fourth-order valence-corrected chi connectivity index (χ4v) is 17.8. The monoisotopic (exact) mass is 1900 g/mol. The smallest absolute Gasteiger partial charge is 0.246 e. The van der Waals surface area contributed by atoms with Crippen molar-refractivity contribution in [2.24, 2.45) is 17.4 Å². The van der Waals surface area contributed by atoms with Crippen molar-refractivity contribution in [3.63, 3.8) is 0 Å². The maximum absolute atomic E-state index is 15.8. The average Bonchev–Trinajstić information content (AvgIpc) is 1.65. The lowest BCUT2D eigenvalue weighted by atomic mass is 10.00. The van der Waals surface area contributed by atoms with Gasteiger partial charge in [-0.15, -0.1) is 11.8 Å². The number of H-pyrrole nitrogens is 3. The number of hydrogen-bond donors (Lipinski definition) is 18. The number of likely N-dealkylation sites (N-methyl/N-ethyl adjacent to an activating group) is 3. The molecule has 15 atom stereocenters. The molecule has 20 N–H and O–H groups in total. The number of nitrogens with two attached hydrogens (primary N) is 2. The Balaban J connectivity index is 1.02. The van der Waals surface area contributed by atoms with Crippen molar-refractivity contribution in [1.29, 1.82) is 0 Å². The second-order valence-electron chi connectivity index (χ2n) is 35.0. The first-order chi connectivity index (χ1) is 64.9. The third-order valence-electron chi connectivity index (χ3n) is 24.5. The number of carbonyl (C=O) groups excluding carboxylic acids is 17. The molecular formula is C93H124N22O20S. The second-order valence-corrected chi connectivity index (χ2v) is 36.1. The van der Waals surface area contributed by atoms with E-state index < -0.39 is 235 Å². The highest BCUT2D eigenvalue weighted by Crippen LogP contribution is 2.28. The SMILES string of the molecule is CCCC[C@H]1C(=O)N(C)[C@@H](CCCC)C(=O)N[C@@H](Cc2ccccn2)C(=O)N[C@H](C(=O)NCC(N)=O)CSCC(=O)N[C@@H](Cc2ccc(O)cc2)C(=O)N(C)[C@@H](C)C(=O)NC(CC(N)=O)C(=O)N2CCC[C@H]2C(=O)N[C@@H](Cc2cnc[nH]2)C(=O)N[C@@H](CC(C)C)C(=O)N2C[C@H](O)CC2C(=O)N[C@@H](Cc2c[nH]c3ccccc23)C(=O)N[C@@H](CO)C(=O)N[C@@H](Cc2c[nH]c3ccccc23)C(=O)N1C. The van der Waals surface area contributed by atoms with Crippen LogP contribution in [-0.4, -0.2) is 315 Å². The summed E-state index contributed by atoms with van der Waals surface area (Å²) in [7, 11) is 3.94. The third-order valence-corrected chi connectivity index (χ3v) is 25.5. The standard InChI is InChI=1S/C93H124N22O20S/c1-9-11-25-73-86(128)104-65(38-56-20-17-18-32-97-56)84(126)110-72(81(123)100-45-78(95)120)48-136-49-79(121)102-68(35-53-28-30-58(117)31-29-53)89(131)111(6)52(5)80(122)106-70(41-77(94)119)91(133)114-33-19-27-74(114)87(129)105-66(39-57-44-96-50-101-57)83(125)107-67(34-51(3)4)92(134)115-46-59(118)40-76(115)88(130)103-64(36-54-42-98-62-23-15-13-21-60(54)62)82(124)109-71(47-116)85(127)108-69(37-55-43-99-63-24-16-14-22-61(55)63)90(132)113(8)75(26-12-10-2)93(135)112(73)7/h13-18,20-24,28-32,42-44,50-52,59,64-76,98-99,116-118H,9-12,19,25-27,33-41,45-49H2,1-8H3,(H2,94,119)(H2,95,120)(H,96,101)(H,100,123)(H,102,121)(H,103,130)(H,104,128)(H,105,129)(H,106,122)(H,107,125)(H,108,127)(H,109,124)(H,110,126)/t52-,59+,64-,65-,66-,67-,68-,69-,70?,71-,72-,73-,74-,75-,76?/m0/s1. The summed E-state index contributed by atoms with van der Waals surface area (Å²) in [5.41, 5.74) is 14.5. The van der Waals surface area contributed by atoms with Gasteiger partial charge in [-0.1, -0.05) is 108 Å². The number of aromatic nitrogens is 5. The van der Waals surface area contributed by atoms with E-state index in [1.165, 1.54) is 71.1 Å². The van der Waals surface area contributed by atoms with Crippen LogP contribution in [-0.2, 0) is 114 Å². The van der Waals surface area contributed by atoms with Crippen LogP contribution in [0.15, 0.2) is 122 Å². The van der Waals surface area contributed by atoms with Gasteiger partial charge in [0.1, 0.15) is 90.3 Å². The van der Waals surface area contributed by atoms with Gasteiger partial charge in [0.05, 0.1) is 37.8 Å². The molecule has 3 aromatic carbocycles. The van der Waals surface area contributed by atoms with E-state index in [9.17, 15) is 53.7 Å².